The fourth-order valence-corrected chi connectivity index (χ4v) is 16.7. The van der Waals surface area contributed by atoms with Crippen molar-refractivity contribution < 1.29 is 0 Å². The summed E-state index contributed by atoms with van der Waals surface area (Å²) in [7, 11) is -2.41. The van der Waals surface area contributed by atoms with Crippen LogP contribution in [0, 0.1) is 0 Å². The van der Waals surface area contributed by atoms with E-state index in [0.29, 0.717) is 0 Å². The minimum absolute atomic E-state index is 1.08. The predicted molar refractivity (Wildman–Crippen MR) is 72.7 cm³/mol. The zero-order chi connectivity index (χ0) is 11.4. The lowest BCUT2D eigenvalue weighted by molar-refractivity contribution is 0.960. The fraction of sp³-hybridized carbons (Fsp3) is 0.818. The van der Waals surface area contributed by atoms with Crippen LogP contribution in [0.25, 0.3) is 0 Å². The zero-order valence-corrected chi connectivity index (χ0v) is 13.0. The zero-order valence-electron chi connectivity index (χ0n) is 11.0. The fourth-order valence-electron chi connectivity index (χ4n) is 2.48. The number of allylic oxidation sites excluding steroid dienone is 2. The van der Waals surface area contributed by atoms with Crippen molar-refractivity contribution in [1.82, 2.24) is 4.98 Å². The maximum atomic E-state index is 3.87. The summed E-state index contributed by atoms with van der Waals surface area (Å²) in [6, 6.07) is 1.34. The van der Waals surface area contributed by atoms with Gasteiger partial charge in [-0.2, -0.15) is 0 Å². The third kappa shape index (κ3) is 2.58. The molecule has 0 rings (SSSR count). The van der Waals surface area contributed by atoms with E-state index < -0.39 is 15.3 Å². The van der Waals surface area contributed by atoms with E-state index in [1.165, 1.54) is 6.04 Å². The van der Waals surface area contributed by atoms with Gasteiger partial charge in [0.1, 0.15) is 7.75 Å². The second-order valence-electron chi connectivity index (χ2n) is 5.01. The van der Waals surface area contributed by atoms with E-state index >= 15 is 0 Å². The Labute approximate surface area is 91.9 Å². The van der Waals surface area contributed by atoms with Gasteiger partial charge in [0, 0.05) is 0 Å². The van der Waals surface area contributed by atoms with Gasteiger partial charge in [0.2, 0.25) is 0 Å². The third-order valence-electron chi connectivity index (χ3n) is 3.40. The first-order valence-electron chi connectivity index (χ1n) is 5.74. The van der Waals surface area contributed by atoms with Crippen molar-refractivity contribution >= 4 is 15.3 Å². The van der Waals surface area contributed by atoms with Crippen LogP contribution in [0.1, 0.15) is 27.7 Å². The molecule has 0 bridgehead atoms. The van der Waals surface area contributed by atoms with Crippen molar-refractivity contribution in [2.45, 2.75) is 53.4 Å². The normalized spacial score (nSPS) is 18.1. The molecule has 1 N–H and O–H groups in total. The Balaban J connectivity index is 5.20. The number of nitrogens with one attached hydrogen (secondary N) is 1. The minimum Gasteiger partial charge on any atom is -0.336 e. The summed E-state index contributed by atoms with van der Waals surface area (Å²) >= 11 is 0. The highest BCUT2D eigenvalue weighted by atomic mass is 29.3. The van der Waals surface area contributed by atoms with E-state index in [1.54, 1.807) is 5.20 Å². The van der Waals surface area contributed by atoms with Gasteiger partial charge in [-0.15, -0.1) is 0 Å². The molecule has 0 radical (unpaired) electrons. The molecule has 0 saturated heterocycles. The molecule has 0 heterocycles. The van der Waals surface area contributed by atoms with Crippen LogP contribution in [-0.2, 0) is 0 Å². The van der Waals surface area contributed by atoms with Crippen molar-refractivity contribution in [3.8, 4) is 0 Å². The molecule has 1 unspecified atom stereocenters. The molecule has 1 nitrogen and oxygen atoms in total. The molecule has 0 fully saturated rings. The third-order valence-corrected chi connectivity index (χ3v) is 20.1. The molecule has 0 aromatic rings. The largest absolute Gasteiger partial charge is 0.336 e. The highest BCUT2D eigenvalue weighted by Gasteiger charge is 2.44. The van der Waals surface area contributed by atoms with Gasteiger partial charge >= 0.3 is 0 Å². The van der Waals surface area contributed by atoms with E-state index in [-0.39, 0.29) is 0 Å². The SMILES string of the molecule is C/C=C(\C)[Si](CC)(NCC)[Si](C)(C)C. The number of rotatable bonds is 5. The van der Waals surface area contributed by atoms with E-state index in [1.807, 2.05) is 0 Å². The summed E-state index contributed by atoms with van der Waals surface area (Å²) in [5.74, 6) is 0. The molecule has 0 aliphatic heterocycles. The Kier molecular flexibility index (Phi) is 5.33. The highest BCUT2D eigenvalue weighted by molar-refractivity contribution is 7.42. The Morgan fingerprint density at radius 2 is 1.71 bits per heavy atom. The van der Waals surface area contributed by atoms with E-state index in [0.717, 1.165) is 6.54 Å². The van der Waals surface area contributed by atoms with Gasteiger partial charge in [-0.05, 0) is 26.4 Å². The molecule has 0 aliphatic carbocycles. The van der Waals surface area contributed by atoms with Gasteiger partial charge in [0.05, 0.1) is 7.59 Å². The topological polar surface area (TPSA) is 12.0 Å². The Morgan fingerprint density at radius 3 is 1.93 bits per heavy atom. The number of hydrogen-bond acceptors (Lipinski definition) is 1. The van der Waals surface area contributed by atoms with Crippen LogP contribution in [0.15, 0.2) is 11.3 Å². The first kappa shape index (κ1) is 14.1. The molecule has 0 aliphatic rings. The lowest BCUT2D eigenvalue weighted by atomic mass is 10.6. The first-order chi connectivity index (χ1) is 6.35. The summed E-state index contributed by atoms with van der Waals surface area (Å²) in [6.45, 7) is 17.8. The van der Waals surface area contributed by atoms with Gasteiger partial charge in [0.25, 0.3) is 0 Å². The Hall–Kier alpha value is 0.134. The lowest BCUT2D eigenvalue weighted by Gasteiger charge is -2.42. The van der Waals surface area contributed by atoms with Gasteiger partial charge in [-0.25, -0.2) is 0 Å². The maximum Gasteiger partial charge on any atom is 0.141 e. The minimum atomic E-state index is -1.32. The van der Waals surface area contributed by atoms with Gasteiger partial charge in [-0.3, -0.25) is 0 Å². The van der Waals surface area contributed by atoms with Crippen LogP contribution in [0.5, 0.6) is 0 Å². The summed E-state index contributed by atoms with van der Waals surface area (Å²) in [5.41, 5.74) is 0. The molecule has 3 heteroatoms. The molecule has 0 amide bonds. The van der Waals surface area contributed by atoms with Crippen molar-refractivity contribution in [3.63, 3.8) is 0 Å². The maximum absolute atomic E-state index is 3.87. The standard InChI is InChI=1S/C11H27NSi2/c1-8-11(4)14(10-3,12-9-2)13(5,6)7/h8,12H,9-10H2,1-7H3/b11-8+. The van der Waals surface area contributed by atoms with Crippen LogP contribution in [0.2, 0.25) is 25.7 Å². The number of hydrogen-bond donors (Lipinski definition) is 1. The second-order valence-corrected chi connectivity index (χ2v) is 20.2. The van der Waals surface area contributed by atoms with Crippen molar-refractivity contribution in [2.75, 3.05) is 6.54 Å². The molecule has 0 saturated carbocycles. The molecule has 1 atom stereocenters. The van der Waals surface area contributed by atoms with Crippen LogP contribution < -0.4 is 4.98 Å². The predicted octanol–water partition coefficient (Wildman–Crippen LogP) is 3.48. The monoisotopic (exact) mass is 229 g/mol. The lowest BCUT2D eigenvalue weighted by Crippen LogP contribution is -2.68. The van der Waals surface area contributed by atoms with Crippen LogP contribution >= 0.6 is 0 Å². The average Bonchev–Trinajstić information content (AvgIpc) is 2.11. The molecule has 14 heavy (non-hydrogen) atoms. The van der Waals surface area contributed by atoms with Crippen LogP contribution in [0.3, 0.4) is 0 Å². The van der Waals surface area contributed by atoms with E-state index in [4.69, 9.17) is 0 Å². The first-order valence-corrected chi connectivity index (χ1v) is 12.4. The van der Waals surface area contributed by atoms with Gasteiger partial charge in [-0.1, -0.05) is 44.8 Å². The summed E-state index contributed by atoms with van der Waals surface area (Å²) in [6.07, 6.45) is 2.33. The van der Waals surface area contributed by atoms with Gasteiger partial charge in [0.15, 0.2) is 0 Å². The summed E-state index contributed by atoms with van der Waals surface area (Å²) in [4.78, 5) is 3.87. The quantitative estimate of drug-likeness (QED) is 0.712. The second kappa shape index (κ2) is 5.28. The molecule has 84 valence electrons. The van der Waals surface area contributed by atoms with Gasteiger partial charge < -0.3 is 4.98 Å². The molecule has 0 aromatic carbocycles. The van der Waals surface area contributed by atoms with Crippen molar-refractivity contribution in [3.05, 3.63) is 11.3 Å². The average molecular weight is 230 g/mol. The van der Waals surface area contributed by atoms with Crippen molar-refractivity contribution in [2.24, 2.45) is 0 Å². The van der Waals surface area contributed by atoms with Crippen LogP contribution in [-0.4, -0.2) is 21.9 Å². The molecule has 0 spiro atoms. The summed E-state index contributed by atoms with van der Waals surface area (Å²) in [5, 5.41) is 1.65. The van der Waals surface area contributed by atoms with E-state index in [2.05, 4.69) is 58.4 Å². The van der Waals surface area contributed by atoms with Crippen molar-refractivity contribution in [1.29, 1.82) is 0 Å². The Bertz CT molecular complexity index is 206. The summed E-state index contributed by atoms with van der Waals surface area (Å²) < 4.78 is 0. The highest BCUT2D eigenvalue weighted by Crippen LogP contribution is 2.27. The molecule has 0 aromatic heterocycles. The smallest absolute Gasteiger partial charge is 0.141 e. The molecular formula is C11H27NSi2. The van der Waals surface area contributed by atoms with E-state index in [9.17, 15) is 0 Å². The molecular weight excluding hydrogens is 202 g/mol. The Morgan fingerprint density at radius 1 is 1.21 bits per heavy atom. The van der Waals surface area contributed by atoms with Crippen LogP contribution in [0.4, 0.5) is 0 Å².